The molecular weight excluding hydrogens is 278 g/mol. The summed E-state index contributed by atoms with van der Waals surface area (Å²) in [5.74, 6) is 0.305. The molecule has 1 aliphatic rings. The fourth-order valence-electron chi connectivity index (χ4n) is 2.59. The number of piperidine rings is 1. The Hall–Kier alpha value is -2.06. The summed E-state index contributed by atoms with van der Waals surface area (Å²) >= 11 is 0. The van der Waals surface area contributed by atoms with E-state index in [1.165, 1.54) is 32.4 Å². The molecule has 0 spiro atoms. The summed E-state index contributed by atoms with van der Waals surface area (Å²) in [6.45, 7) is 4.02. The molecule has 0 bridgehead atoms. The van der Waals surface area contributed by atoms with Crippen LogP contribution in [0.2, 0.25) is 0 Å². The third-order valence-electron chi connectivity index (χ3n) is 3.79. The van der Waals surface area contributed by atoms with Crippen LogP contribution in [0.5, 0.6) is 5.75 Å². The molecule has 0 aliphatic carbocycles. The van der Waals surface area contributed by atoms with Crippen molar-refractivity contribution in [3.63, 3.8) is 0 Å². The van der Waals surface area contributed by atoms with Crippen LogP contribution in [0.25, 0.3) is 0 Å². The Kier molecular flexibility index (Phi) is 6.72. The summed E-state index contributed by atoms with van der Waals surface area (Å²) in [4.78, 5) is 14.2. The molecule has 1 saturated heterocycles. The van der Waals surface area contributed by atoms with Crippen molar-refractivity contribution in [2.75, 3.05) is 32.8 Å². The average Bonchev–Trinajstić information content (AvgIpc) is 2.58. The van der Waals surface area contributed by atoms with E-state index in [4.69, 9.17) is 10.00 Å². The molecule has 5 nitrogen and oxygen atoms in total. The normalized spacial score (nSPS) is 15.0. The fraction of sp³-hybridized carbons (Fsp3) is 0.529. The van der Waals surface area contributed by atoms with Gasteiger partial charge in [0, 0.05) is 6.54 Å². The number of likely N-dealkylation sites (tertiary alicyclic amines) is 1. The number of hydrogen-bond donors (Lipinski definition) is 1. The van der Waals surface area contributed by atoms with E-state index >= 15 is 0 Å². The second kappa shape index (κ2) is 9.06. The second-order valence-electron chi connectivity index (χ2n) is 5.50. The molecule has 0 radical (unpaired) electrons. The molecule has 1 aromatic carbocycles. The molecule has 0 saturated carbocycles. The Morgan fingerprint density at radius 1 is 1.27 bits per heavy atom. The molecular formula is C17H23N3O2. The van der Waals surface area contributed by atoms with Gasteiger partial charge in [-0.15, -0.1) is 0 Å². The van der Waals surface area contributed by atoms with Gasteiger partial charge in [0.1, 0.15) is 11.8 Å². The Morgan fingerprint density at radius 3 is 2.82 bits per heavy atom. The Morgan fingerprint density at radius 2 is 2.05 bits per heavy atom. The van der Waals surface area contributed by atoms with Gasteiger partial charge in [-0.25, -0.2) is 0 Å². The highest BCUT2D eigenvalue weighted by molar-refractivity contribution is 5.77. The lowest BCUT2D eigenvalue weighted by Crippen LogP contribution is -2.34. The molecule has 0 unspecified atom stereocenters. The van der Waals surface area contributed by atoms with Gasteiger partial charge in [-0.05, 0) is 51.0 Å². The predicted molar refractivity (Wildman–Crippen MR) is 84.6 cm³/mol. The predicted octanol–water partition coefficient (Wildman–Crippen LogP) is 1.93. The van der Waals surface area contributed by atoms with Gasteiger partial charge in [-0.3, -0.25) is 4.79 Å². The summed E-state index contributed by atoms with van der Waals surface area (Å²) in [6, 6.07) is 8.97. The average molecular weight is 301 g/mol. The minimum absolute atomic E-state index is 0.0532. The molecule has 0 atom stereocenters. The first-order chi connectivity index (χ1) is 10.8. The quantitative estimate of drug-likeness (QED) is 0.782. The van der Waals surface area contributed by atoms with Crippen LogP contribution in [0.4, 0.5) is 0 Å². The highest BCUT2D eigenvalue weighted by Crippen LogP contribution is 2.16. The molecule has 1 aromatic rings. The van der Waals surface area contributed by atoms with Crippen LogP contribution in [-0.2, 0) is 4.79 Å². The molecule has 0 aromatic heterocycles. The molecule has 22 heavy (non-hydrogen) atoms. The van der Waals surface area contributed by atoms with Crippen molar-refractivity contribution in [1.29, 1.82) is 5.26 Å². The highest BCUT2D eigenvalue weighted by atomic mass is 16.5. The Bertz CT molecular complexity index is 519. The zero-order chi connectivity index (χ0) is 15.6. The summed E-state index contributed by atoms with van der Waals surface area (Å²) in [5, 5.41) is 11.8. The van der Waals surface area contributed by atoms with E-state index in [-0.39, 0.29) is 12.5 Å². The summed E-state index contributed by atoms with van der Waals surface area (Å²) in [5.41, 5.74) is 0.445. The molecule has 1 amide bonds. The first kappa shape index (κ1) is 16.3. The maximum Gasteiger partial charge on any atom is 0.257 e. The van der Waals surface area contributed by atoms with Crippen molar-refractivity contribution in [3.8, 4) is 11.8 Å². The van der Waals surface area contributed by atoms with Crippen molar-refractivity contribution in [1.82, 2.24) is 10.2 Å². The van der Waals surface area contributed by atoms with Crippen LogP contribution < -0.4 is 10.1 Å². The zero-order valence-corrected chi connectivity index (χ0v) is 12.9. The summed E-state index contributed by atoms with van der Waals surface area (Å²) in [7, 11) is 0. The van der Waals surface area contributed by atoms with Crippen molar-refractivity contribution in [3.05, 3.63) is 29.8 Å². The molecule has 2 rings (SSSR count). The van der Waals surface area contributed by atoms with Gasteiger partial charge >= 0.3 is 0 Å². The minimum Gasteiger partial charge on any atom is -0.482 e. The van der Waals surface area contributed by atoms with Gasteiger partial charge in [0.25, 0.3) is 5.91 Å². The molecule has 118 valence electrons. The van der Waals surface area contributed by atoms with Crippen molar-refractivity contribution >= 4 is 5.91 Å². The molecule has 5 heteroatoms. The number of ether oxygens (including phenoxy) is 1. The van der Waals surface area contributed by atoms with Gasteiger partial charge in [0.15, 0.2) is 6.61 Å². The monoisotopic (exact) mass is 301 g/mol. The minimum atomic E-state index is -0.147. The van der Waals surface area contributed by atoms with Crippen molar-refractivity contribution in [2.24, 2.45) is 0 Å². The lowest BCUT2D eigenvalue weighted by atomic mass is 10.1. The third-order valence-corrected chi connectivity index (χ3v) is 3.79. The van der Waals surface area contributed by atoms with E-state index in [1.807, 2.05) is 6.07 Å². The number of nitrogens with one attached hydrogen (secondary N) is 1. The number of nitriles is 1. The second-order valence-corrected chi connectivity index (χ2v) is 5.50. The molecule has 1 fully saturated rings. The largest absolute Gasteiger partial charge is 0.482 e. The van der Waals surface area contributed by atoms with Crippen LogP contribution >= 0.6 is 0 Å². The van der Waals surface area contributed by atoms with Crippen LogP contribution in [0.1, 0.15) is 31.2 Å². The van der Waals surface area contributed by atoms with E-state index in [1.54, 1.807) is 24.3 Å². The fourth-order valence-corrected chi connectivity index (χ4v) is 2.59. The summed E-state index contributed by atoms with van der Waals surface area (Å²) in [6.07, 6.45) is 4.88. The van der Waals surface area contributed by atoms with Gasteiger partial charge in [0.2, 0.25) is 0 Å². The maximum absolute atomic E-state index is 11.7. The maximum atomic E-state index is 11.7. The highest BCUT2D eigenvalue weighted by Gasteiger charge is 2.10. The van der Waals surface area contributed by atoms with E-state index in [0.717, 1.165) is 13.0 Å². The van der Waals surface area contributed by atoms with Crippen LogP contribution in [0.3, 0.4) is 0 Å². The number of benzene rings is 1. The van der Waals surface area contributed by atoms with E-state index in [2.05, 4.69) is 10.2 Å². The van der Waals surface area contributed by atoms with Crippen molar-refractivity contribution < 1.29 is 9.53 Å². The topological polar surface area (TPSA) is 65.4 Å². The Labute approximate surface area is 131 Å². The number of carbonyl (C=O) groups excluding carboxylic acids is 1. The molecule has 1 heterocycles. The standard InChI is InChI=1S/C17H23N3O2/c18-13-15-7-2-3-8-16(15)22-14-17(21)19-9-6-12-20-10-4-1-5-11-20/h2-3,7-8H,1,4-6,9-12,14H2,(H,19,21). The smallest absolute Gasteiger partial charge is 0.257 e. The molecule has 1 N–H and O–H groups in total. The first-order valence-corrected chi connectivity index (χ1v) is 7.90. The zero-order valence-electron chi connectivity index (χ0n) is 12.9. The number of hydrogen-bond acceptors (Lipinski definition) is 4. The van der Waals surface area contributed by atoms with E-state index in [9.17, 15) is 4.79 Å². The SMILES string of the molecule is N#Cc1ccccc1OCC(=O)NCCCN1CCCCC1. The van der Waals surface area contributed by atoms with Crippen LogP contribution in [0, 0.1) is 11.3 Å². The van der Waals surface area contributed by atoms with Gasteiger partial charge < -0.3 is 15.0 Å². The number of nitrogens with zero attached hydrogens (tertiary/aromatic N) is 2. The summed E-state index contributed by atoms with van der Waals surface area (Å²) < 4.78 is 5.39. The number of amides is 1. The third kappa shape index (κ3) is 5.38. The van der Waals surface area contributed by atoms with Crippen LogP contribution in [-0.4, -0.2) is 43.6 Å². The Balaban J connectivity index is 1.60. The molecule has 1 aliphatic heterocycles. The van der Waals surface area contributed by atoms with E-state index < -0.39 is 0 Å². The first-order valence-electron chi connectivity index (χ1n) is 7.90. The van der Waals surface area contributed by atoms with Crippen LogP contribution in [0.15, 0.2) is 24.3 Å². The number of carbonyl (C=O) groups is 1. The number of para-hydroxylation sites is 1. The van der Waals surface area contributed by atoms with E-state index in [0.29, 0.717) is 17.9 Å². The van der Waals surface area contributed by atoms with Gasteiger partial charge in [0.05, 0.1) is 5.56 Å². The lowest BCUT2D eigenvalue weighted by Gasteiger charge is -2.26. The van der Waals surface area contributed by atoms with Crippen molar-refractivity contribution in [2.45, 2.75) is 25.7 Å². The lowest BCUT2D eigenvalue weighted by molar-refractivity contribution is -0.123. The van der Waals surface area contributed by atoms with Gasteiger partial charge in [-0.1, -0.05) is 18.6 Å². The number of rotatable bonds is 7. The van der Waals surface area contributed by atoms with Gasteiger partial charge in [-0.2, -0.15) is 5.26 Å².